The zero-order valence-electron chi connectivity index (χ0n) is 11.8. The van der Waals surface area contributed by atoms with Crippen molar-refractivity contribution in [2.24, 2.45) is 0 Å². The fraction of sp³-hybridized carbons (Fsp3) is 0.429. The van der Waals surface area contributed by atoms with Crippen molar-refractivity contribution in [3.63, 3.8) is 0 Å². The molecule has 0 aliphatic carbocycles. The Morgan fingerprint density at radius 2 is 2.20 bits per heavy atom. The summed E-state index contributed by atoms with van der Waals surface area (Å²) in [5, 5.41) is 5.42. The van der Waals surface area contributed by atoms with E-state index in [-0.39, 0.29) is 0 Å². The molecule has 0 unspecified atom stereocenters. The quantitative estimate of drug-likeness (QED) is 0.810. The third-order valence-electron chi connectivity index (χ3n) is 2.92. The van der Waals surface area contributed by atoms with Gasteiger partial charge in [-0.05, 0) is 40.7 Å². The molecule has 0 aliphatic rings. The molecule has 2 aromatic rings. The number of hydrogen-bond acceptors (Lipinski definition) is 5. The maximum absolute atomic E-state index is 4.43. The first-order valence-corrected chi connectivity index (χ1v) is 8.45. The van der Waals surface area contributed by atoms with E-state index in [9.17, 15) is 0 Å². The molecule has 0 saturated carbocycles. The summed E-state index contributed by atoms with van der Waals surface area (Å²) in [7, 11) is 0. The molecule has 0 aliphatic heterocycles. The van der Waals surface area contributed by atoms with Gasteiger partial charge >= 0.3 is 0 Å². The van der Waals surface area contributed by atoms with Crippen LogP contribution < -0.4 is 10.2 Å². The predicted molar refractivity (Wildman–Crippen MR) is 89.6 cm³/mol. The Morgan fingerprint density at radius 3 is 2.85 bits per heavy atom. The average molecular weight is 355 g/mol. The largest absolute Gasteiger partial charge is 0.369 e. The molecule has 0 bridgehead atoms. The van der Waals surface area contributed by atoms with E-state index in [4.69, 9.17) is 0 Å². The Bertz CT molecular complexity index is 530. The molecule has 20 heavy (non-hydrogen) atoms. The predicted octanol–water partition coefficient (Wildman–Crippen LogP) is 4.15. The van der Waals surface area contributed by atoms with Gasteiger partial charge in [0.2, 0.25) is 0 Å². The van der Waals surface area contributed by atoms with E-state index in [0.29, 0.717) is 0 Å². The molecule has 1 N–H and O–H groups in total. The van der Waals surface area contributed by atoms with Gasteiger partial charge in [-0.25, -0.2) is 9.97 Å². The summed E-state index contributed by atoms with van der Waals surface area (Å²) in [6, 6.07) is 4.23. The van der Waals surface area contributed by atoms with Crippen molar-refractivity contribution in [3.8, 4) is 0 Å². The van der Waals surface area contributed by atoms with Crippen molar-refractivity contribution in [2.45, 2.75) is 26.8 Å². The van der Waals surface area contributed by atoms with Crippen LogP contribution >= 0.6 is 27.3 Å². The summed E-state index contributed by atoms with van der Waals surface area (Å²) >= 11 is 5.40. The number of anilines is 2. The van der Waals surface area contributed by atoms with E-state index < -0.39 is 0 Å². The minimum atomic E-state index is 0.862. The molecule has 6 heteroatoms. The normalized spacial score (nSPS) is 10.6. The van der Waals surface area contributed by atoms with E-state index in [0.717, 1.165) is 42.2 Å². The van der Waals surface area contributed by atoms with Crippen molar-refractivity contribution >= 4 is 38.9 Å². The highest BCUT2D eigenvalue weighted by Gasteiger charge is 2.14. The van der Waals surface area contributed by atoms with Crippen molar-refractivity contribution in [3.05, 3.63) is 33.2 Å². The van der Waals surface area contributed by atoms with Gasteiger partial charge in [-0.3, -0.25) is 0 Å². The topological polar surface area (TPSA) is 41.1 Å². The Kier molecular flexibility index (Phi) is 5.79. The van der Waals surface area contributed by atoms with Crippen molar-refractivity contribution in [2.75, 3.05) is 23.3 Å². The Morgan fingerprint density at radius 1 is 1.35 bits per heavy atom. The number of rotatable bonds is 7. The first-order valence-electron chi connectivity index (χ1n) is 6.78. The molecule has 2 heterocycles. The Hall–Kier alpha value is -1.14. The fourth-order valence-corrected chi connectivity index (χ4v) is 3.19. The fourth-order valence-electron chi connectivity index (χ4n) is 1.87. The summed E-state index contributed by atoms with van der Waals surface area (Å²) in [5.41, 5.74) is 0. The van der Waals surface area contributed by atoms with E-state index in [1.54, 1.807) is 17.7 Å². The average Bonchev–Trinajstić information content (AvgIpc) is 2.97. The van der Waals surface area contributed by atoms with E-state index in [1.807, 2.05) is 0 Å². The number of halogens is 1. The van der Waals surface area contributed by atoms with Gasteiger partial charge in [0.05, 0.1) is 6.54 Å². The highest BCUT2D eigenvalue weighted by molar-refractivity contribution is 9.10. The third kappa shape index (κ3) is 3.70. The van der Waals surface area contributed by atoms with E-state index in [2.05, 4.69) is 67.5 Å². The Labute approximate surface area is 132 Å². The van der Waals surface area contributed by atoms with Gasteiger partial charge in [-0.1, -0.05) is 13.0 Å². The second kappa shape index (κ2) is 7.59. The van der Waals surface area contributed by atoms with E-state index >= 15 is 0 Å². The molecular formula is C14H19BrN4S. The van der Waals surface area contributed by atoms with Crippen LogP contribution in [0.5, 0.6) is 0 Å². The SMILES string of the molecule is CCCNc1ncnc(N(CC)Cc2cccs2)c1Br. The molecule has 0 fully saturated rings. The molecular weight excluding hydrogens is 336 g/mol. The van der Waals surface area contributed by atoms with Crippen LogP contribution in [0, 0.1) is 0 Å². The van der Waals surface area contributed by atoms with Gasteiger partial charge in [-0.2, -0.15) is 0 Å². The first-order chi connectivity index (χ1) is 9.76. The molecule has 108 valence electrons. The molecule has 0 radical (unpaired) electrons. The van der Waals surface area contributed by atoms with Crippen LogP contribution in [0.3, 0.4) is 0 Å². The maximum atomic E-state index is 4.43. The van der Waals surface area contributed by atoms with Crippen LogP contribution in [0.25, 0.3) is 0 Å². The number of nitrogens with zero attached hydrogens (tertiary/aromatic N) is 3. The lowest BCUT2D eigenvalue weighted by atomic mass is 10.3. The van der Waals surface area contributed by atoms with Crippen LogP contribution in [0.1, 0.15) is 25.1 Å². The molecule has 4 nitrogen and oxygen atoms in total. The lowest BCUT2D eigenvalue weighted by Gasteiger charge is -2.23. The lowest BCUT2D eigenvalue weighted by molar-refractivity contribution is 0.815. The highest BCUT2D eigenvalue weighted by atomic mass is 79.9. The number of aromatic nitrogens is 2. The second-order valence-electron chi connectivity index (χ2n) is 4.38. The smallest absolute Gasteiger partial charge is 0.148 e. The first kappa shape index (κ1) is 15.3. The Balaban J connectivity index is 2.20. The molecule has 0 spiro atoms. The van der Waals surface area contributed by atoms with Crippen LogP contribution in [0.4, 0.5) is 11.6 Å². The van der Waals surface area contributed by atoms with Crippen LogP contribution in [0.15, 0.2) is 28.3 Å². The minimum absolute atomic E-state index is 0.862. The minimum Gasteiger partial charge on any atom is -0.369 e. The molecule has 0 atom stereocenters. The summed E-state index contributed by atoms with van der Waals surface area (Å²) in [4.78, 5) is 12.3. The standard InChI is InChI=1S/C14H19BrN4S/c1-3-7-16-13-12(15)14(18-10-17-13)19(4-2)9-11-6-5-8-20-11/h5-6,8,10H,3-4,7,9H2,1-2H3,(H,16,17,18). The number of hydrogen-bond donors (Lipinski definition) is 1. The lowest BCUT2D eigenvalue weighted by Crippen LogP contribution is -2.23. The van der Waals surface area contributed by atoms with Crippen LogP contribution in [-0.4, -0.2) is 23.1 Å². The number of nitrogens with one attached hydrogen (secondary N) is 1. The monoisotopic (exact) mass is 354 g/mol. The van der Waals surface area contributed by atoms with Crippen molar-refractivity contribution in [1.82, 2.24) is 9.97 Å². The van der Waals surface area contributed by atoms with Crippen LogP contribution in [0.2, 0.25) is 0 Å². The van der Waals surface area contributed by atoms with Gasteiger partial charge in [0.25, 0.3) is 0 Å². The zero-order chi connectivity index (χ0) is 14.4. The van der Waals surface area contributed by atoms with Crippen molar-refractivity contribution < 1.29 is 0 Å². The third-order valence-corrected chi connectivity index (χ3v) is 4.51. The van der Waals surface area contributed by atoms with Gasteiger partial charge < -0.3 is 10.2 Å². The molecule has 0 aromatic carbocycles. The highest BCUT2D eigenvalue weighted by Crippen LogP contribution is 2.30. The van der Waals surface area contributed by atoms with Crippen LogP contribution in [-0.2, 0) is 6.54 Å². The summed E-state index contributed by atoms with van der Waals surface area (Å²) < 4.78 is 0.937. The number of thiophene rings is 1. The van der Waals surface area contributed by atoms with Gasteiger partial charge in [0, 0.05) is 18.0 Å². The molecule has 0 amide bonds. The van der Waals surface area contributed by atoms with Gasteiger partial charge in [0.1, 0.15) is 22.4 Å². The van der Waals surface area contributed by atoms with Crippen molar-refractivity contribution in [1.29, 1.82) is 0 Å². The summed E-state index contributed by atoms with van der Waals surface area (Å²) in [5.74, 6) is 1.80. The van der Waals surface area contributed by atoms with Gasteiger partial charge in [-0.15, -0.1) is 11.3 Å². The molecule has 2 rings (SSSR count). The molecule has 0 saturated heterocycles. The maximum Gasteiger partial charge on any atom is 0.148 e. The van der Waals surface area contributed by atoms with E-state index in [1.165, 1.54) is 4.88 Å². The zero-order valence-corrected chi connectivity index (χ0v) is 14.2. The molecule has 2 aromatic heterocycles. The van der Waals surface area contributed by atoms with Gasteiger partial charge in [0.15, 0.2) is 0 Å². The summed E-state index contributed by atoms with van der Waals surface area (Å²) in [6.45, 7) is 6.96. The summed E-state index contributed by atoms with van der Waals surface area (Å²) in [6.07, 6.45) is 2.69. The second-order valence-corrected chi connectivity index (χ2v) is 6.21.